The molecule has 1 N–H and O–H groups in total. The number of benzene rings is 1. The van der Waals surface area contributed by atoms with Gasteiger partial charge in [-0.05, 0) is 13.0 Å². The second kappa shape index (κ2) is 6.80. The summed E-state index contributed by atoms with van der Waals surface area (Å²) in [5, 5.41) is 3.23. The Hall–Kier alpha value is -3.09. The van der Waals surface area contributed by atoms with E-state index in [2.05, 4.69) is 11.0 Å². The standard InChI is InChI=1S/C15H11F4N3O3/c1-3-4-22-11-6-10(9(16)5-12(11)25-7-13(22)23)21-20-8(2)14(24)15(17,18)19/h1,5-6,21H,4,7H2,2H3. The van der Waals surface area contributed by atoms with Crippen molar-refractivity contribution in [3.05, 3.63) is 17.9 Å². The summed E-state index contributed by atoms with van der Waals surface area (Å²) in [5.74, 6) is -1.21. The molecule has 0 spiro atoms. The van der Waals surface area contributed by atoms with Gasteiger partial charge in [-0.3, -0.25) is 19.9 Å². The van der Waals surface area contributed by atoms with Gasteiger partial charge in [0.1, 0.15) is 11.5 Å². The molecule has 0 radical (unpaired) electrons. The van der Waals surface area contributed by atoms with Gasteiger partial charge in [0.2, 0.25) is 0 Å². The van der Waals surface area contributed by atoms with Crippen molar-refractivity contribution < 1.29 is 31.9 Å². The minimum Gasteiger partial charge on any atom is -0.481 e. The highest BCUT2D eigenvalue weighted by molar-refractivity contribution is 6.41. The Morgan fingerprint density at radius 1 is 1.48 bits per heavy atom. The summed E-state index contributed by atoms with van der Waals surface area (Å²) in [7, 11) is 0. The van der Waals surface area contributed by atoms with E-state index in [1.54, 1.807) is 0 Å². The van der Waals surface area contributed by atoms with Crippen LogP contribution >= 0.6 is 0 Å². The number of Topliss-reactive ketones (excluding diaryl/α,β-unsaturated/α-hetero) is 1. The molecular weight excluding hydrogens is 346 g/mol. The summed E-state index contributed by atoms with van der Waals surface area (Å²) in [4.78, 5) is 24.0. The number of nitrogens with zero attached hydrogens (tertiary/aromatic N) is 2. The van der Waals surface area contributed by atoms with Crippen LogP contribution in [0.25, 0.3) is 0 Å². The zero-order chi connectivity index (χ0) is 18.8. The summed E-state index contributed by atoms with van der Waals surface area (Å²) in [6.45, 7) is 0.407. The second-order valence-corrected chi connectivity index (χ2v) is 4.91. The molecule has 1 aromatic carbocycles. The van der Waals surface area contributed by atoms with E-state index >= 15 is 0 Å². The molecule has 1 aromatic rings. The van der Waals surface area contributed by atoms with E-state index in [0.29, 0.717) is 0 Å². The molecule has 10 heteroatoms. The molecule has 1 amide bonds. The van der Waals surface area contributed by atoms with E-state index in [0.717, 1.165) is 24.0 Å². The SMILES string of the molecule is C#CCN1C(=O)COc2cc(F)c(NN=C(C)C(=O)C(F)(F)F)cc21. The fourth-order valence-electron chi connectivity index (χ4n) is 1.97. The third kappa shape index (κ3) is 3.88. The van der Waals surface area contributed by atoms with Gasteiger partial charge in [-0.25, -0.2) is 4.39 Å². The first-order valence-electron chi connectivity index (χ1n) is 6.77. The Morgan fingerprint density at radius 3 is 2.76 bits per heavy atom. The topological polar surface area (TPSA) is 71.0 Å². The van der Waals surface area contributed by atoms with Crippen LogP contribution < -0.4 is 15.1 Å². The Bertz CT molecular complexity index is 796. The molecule has 132 valence electrons. The molecule has 1 aliphatic rings. The Balaban J connectivity index is 2.33. The van der Waals surface area contributed by atoms with Gasteiger partial charge < -0.3 is 4.74 Å². The van der Waals surface area contributed by atoms with E-state index in [1.165, 1.54) is 0 Å². The molecule has 1 aliphatic heterocycles. The first-order valence-corrected chi connectivity index (χ1v) is 6.77. The lowest BCUT2D eigenvalue weighted by molar-refractivity contribution is -0.163. The Morgan fingerprint density at radius 2 is 2.16 bits per heavy atom. The number of carbonyl (C=O) groups is 2. The maximum atomic E-state index is 14.0. The fraction of sp³-hybridized carbons (Fsp3) is 0.267. The Kier molecular flexibility index (Phi) is 4.97. The molecule has 0 bridgehead atoms. The number of ketones is 1. The smallest absolute Gasteiger partial charge is 0.456 e. The average Bonchev–Trinajstić information content (AvgIpc) is 2.54. The third-order valence-electron chi connectivity index (χ3n) is 3.17. The van der Waals surface area contributed by atoms with Crippen LogP contribution in [0, 0.1) is 18.2 Å². The third-order valence-corrected chi connectivity index (χ3v) is 3.17. The summed E-state index contributed by atoms with van der Waals surface area (Å²) >= 11 is 0. The van der Waals surface area contributed by atoms with Crippen molar-refractivity contribution in [3.8, 4) is 18.1 Å². The van der Waals surface area contributed by atoms with Gasteiger partial charge in [0, 0.05) is 6.07 Å². The quantitative estimate of drug-likeness (QED) is 0.388. The molecule has 0 fully saturated rings. The number of nitrogens with one attached hydrogen (secondary N) is 1. The van der Waals surface area contributed by atoms with Crippen molar-refractivity contribution in [1.29, 1.82) is 0 Å². The lowest BCUT2D eigenvalue weighted by atomic mass is 10.2. The van der Waals surface area contributed by atoms with Crippen LogP contribution in [0.3, 0.4) is 0 Å². The average molecular weight is 357 g/mol. The van der Waals surface area contributed by atoms with Gasteiger partial charge in [-0.2, -0.15) is 18.3 Å². The number of anilines is 2. The zero-order valence-electron chi connectivity index (χ0n) is 12.8. The van der Waals surface area contributed by atoms with E-state index in [9.17, 15) is 27.2 Å². The highest BCUT2D eigenvalue weighted by Gasteiger charge is 2.40. The first-order chi connectivity index (χ1) is 11.6. The molecule has 6 nitrogen and oxygen atoms in total. The molecule has 2 rings (SSSR count). The zero-order valence-corrected chi connectivity index (χ0v) is 12.8. The number of hydrazone groups is 1. The number of hydrogen-bond donors (Lipinski definition) is 1. The van der Waals surface area contributed by atoms with Crippen LogP contribution in [0.1, 0.15) is 6.92 Å². The lowest BCUT2D eigenvalue weighted by Gasteiger charge is -2.28. The number of carbonyl (C=O) groups excluding carboxylic acids is 2. The summed E-state index contributed by atoms with van der Waals surface area (Å²) in [6, 6.07) is 2.04. The van der Waals surface area contributed by atoms with Crippen LogP contribution in [0.4, 0.5) is 28.9 Å². The predicted octanol–water partition coefficient (Wildman–Crippen LogP) is 2.10. The summed E-state index contributed by atoms with van der Waals surface area (Å²) in [6.07, 6.45) is 0.0891. The van der Waals surface area contributed by atoms with Gasteiger partial charge in [0.15, 0.2) is 12.4 Å². The van der Waals surface area contributed by atoms with Crippen molar-refractivity contribution in [3.63, 3.8) is 0 Å². The van der Waals surface area contributed by atoms with E-state index in [4.69, 9.17) is 11.2 Å². The van der Waals surface area contributed by atoms with Gasteiger partial charge in [0.05, 0.1) is 17.9 Å². The minimum atomic E-state index is -5.09. The van der Waals surface area contributed by atoms with Crippen LogP contribution in [-0.2, 0) is 9.59 Å². The maximum Gasteiger partial charge on any atom is 0.456 e. The van der Waals surface area contributed by atoms with E-state index < -0.39 is 29.4 Å². The number of terminal acetylenes is 1. The fourth-order valence-corrected chi connectivity index (χ4v) is 1.97. The van der Waals surface area contributed by atoms with Crippen molar-refractivity contribution >= 4 is 28.8 Å². The molecule has 0 atom stereocenters. The van der Waals surface area contributed by atoms with Crippen molar-refractivity contribution in [2.24, 2.45) is 5.10 Å². The molecule has 0 aliphatic carbocycles. The normalized spacial score (nSPS) is 14.5. The van der Waals surface area contributed by atoms with Crippen LogP contribution in [-0.4, -0.2) is 36.7 Å². The summed E-state index contributed by atoms with van der Waals surface area (Å²) < 4.78 is 56.0. The number of fused-ring (bicyclic) bond motifs is 1. The molecule has 0 saturated heterocycles. The lowest BCUT2D eigenvalue weighted by Crippen LogP contribution is -2.39. The Labute approximate surface area is 139 Å². The number of rotatable bonds is 4. The van der Waals surface area contributed by atoms with Gasteiger partial charge in [0.25, 0.3) is 11.7 Å². The van der Waals surface area contributed by atoms with Crippen molar-refractivity contribution in [2.75, 3.05) is 23.5 Å². The number of alkyl halides is 3. The van der Waals surface area contributed by atoms with Crippen LogP contribution in [0.15, 0.2) is 17.2 Å². The first kappa shape index (κ1) is 18.3. The number of amides is 1. The minimum absolute atomic E-state index is 0.0463. The van der Waals surface area contributed by atoms with Gasteiger partial charge >= 0.3 is 6.18 Å². The van der Waals surface area contributed by atoms with Crippen molar-refractivity contribution in [1.82, 2.24) is 0 Å². The second-order valence-electron chi connectivity index (χ2n) is 4.91. The molecule has 1 heterocycles. The van der Waals surface area contributed by atoms with Crippen LogP contribution in [0.5, 0.6) is 5.75 Å². The van der Waals surface area contributed by atoms with E-state index in [1.807, 2.05) is 5.43 Å². The number of halogens is 4. The number of ether oxygens (including phenoxy) is 1. The predicted molar refractivity (Wildman–Crippen MR) is 80.9 cm³/mol. The molecular formula is C15H11F4N3O3. The largest absolute Gasteiger partial charge is 0.481 e. The monoisotopic (exact) mass is 357 g/mol. The van der Waals surface area contributed by atoms with E-state index in [-0.39, 0.29) is 30.3 Å². The molecule has 0 unspecified atom stereocenters. The highest BCUT2D eigenvalue weighted by Crippen LogP contribution is 2.36. The number of hydrogen-bond acceptors (Lipinski definition) is 5. The van der Waals surface area contributed by atoms with Gasteiger partial charge in [-0.15, -0.1) is 6.42 Å². The van der Waals surface area contributed by atoms with Crippen molar-refractivity contribution in [2.45, 2.75) is 13.1 Å². The van der Waals surface area contributed by atoms with Gasteiger partial charge in [-0.1, -0.05) is 5.92 Å². The summed E-state index contributed by atoms with van der Waals surface area (Å²) in [5.41, 5.74) is 0.914. The van der Waals surface area contributed by atoms with Crippen LogP contribution in [0.2, 0.25) is 0 Å². The molecule has 0 aromatic heterocycles. The maximum absolute atomic E-state index is 14.0. The molecule has 0 saturated carbocycles. The molecule has 25 heavy (non-hydrogen) atoms. The highest BCUT2D eigenvalue weighted by atomic mass is 19.4.